The summed E-state index contributed by atoms with van der Waals surface area (Å²) in [5, 5.41) is 13.9. The molecule has 4 rings (SSSR count). The maximum atomic E-state index is 13.2. The van der Waals surface area contributed by atoms with Crippen molar-refractivity contribution in [3.05, 3.63) is 69.4 Å². The predicted octanol–water partition coefficient (Wildman–Crippen LogP) is 3.34. The molecular formula is C17H10ClFN4O3. The molecule has 2 aromatic heterocycles. The van der Waals surface area contributed by atoms with Gasteiger partial charge in [-0.2, -0.15) is 5.21 Å². The summed E-state index contributed by atoms with van der Waals surface area (Å²) in [5.41, 5.74) is 0.422. The second-order valence-corrected chi connectivity index (χ2v) is 5.79. The molecule has 1 N–H and O–H groups in total. The molecule has 4 aromatic rings. The third kappa shape index (κ3) is 3.02. The molecule has 7 nitrogen and oxygen atoms in total. The Bertz CT molecular complexity index is 1130. The zero-order valence-electron chi connectivity index (χ0n) is 13.1. The van der Waals surface area contributed by atoms with Gasteiger partial charge in [0, 0.05) is 10.6 Å². The predicted molar refractivity (Wildman–Crippen MR) is 91.4 cm³/mol. The van der Waals surface area contributed by atoms with Gasteiger partial charge in [0.2, 0.25) is 17.0 Å². The molecule has 130 valence electrons. The summed E-state index contributed by atoms with van der Waals surface area (Å²) in [5.74, 6) is -0.0110. The first-order chi connectivity index (χ1) is 12.6. The highest BCUT2D eigenvalue weighted by atomic mass is 35.5. The highest BCUT2D eigenvalue weighted by molar-refractivity contribution is 6.31. The van der Waals surface area contributed by atoms with Gasteiger partial charge in [-0.3, -0.25) is 4.79 Å². The number of nitrogens with zero attached hydrogens (tertiary/aromatic N) is 3. The minimum atomic E-state index is -0.406. The van der Waals surface area contributed by atoms with Crippen LogP contribution in [0.2, 0.25) is 5.02 Å². The number of H-pyrrole nitrogens is 1. The number of hydrogen-bond acceptors (Lipinski definition) is 6. The summed E-state index contributed by atoms with van der Waals surface area (Å²) in [7, 11) is 0. The third-order valence-electron chi connectivity index (χ3n) is 3.65. The molecule has 2 aromatic carbocycles. The first-order valence-corrected chi connectivity index (χ1v) is 7.87. The molecule has 0 aliphatic carbocycles. The molecule has 0 unspecified atom stereocenters. The Kier molecular flexibility index (Phi) is 4.10. The van der Waals surface area contributed by atoms with Crippen molar-refractivity contribution < 1.29 is 13.5 Å². The summed E-state index contributed by atoms with van der Waals surface area (Å²) in [6.07, 6.45) is 0. The zero-order valence-corrected chi connectivity index (χ0v) is 13.8. The summed E-state index contributed by atoms with van der Waals surface area (Å²) >= 11 is 5.98. The van der Waals surface area contributed by atoms with E-state index in [0.29, 0.717) is 16.2 Å². The number of nitrogens with one attached hydrogen (secondary N) is 1. The number of halogens is 2. The molecule has 2 heterocycles. The molecule has 9 heteroatoms. The van der Waals surface area contributed by atoms with Crippen LogP contribution in [0.4, 0.5) is 4.39 Å². The van der Waals surface area contributed by atoms with Gasteiger partial charge < -0.3 is 9.15 Å². The fourth-order valence-electron chi connectivity index (χ4n) is 2.45. The second kappa shape index (κ2) is 6.57. The smallest absolute Gasteiger partial charge is 0.235 e. The standard InChI is InChI=1S/C17H10ClFN4O3/c18-10-3-6-13-12(7-10)15(24)17(25-8-14-20-22-23-21-14)16(26-13)9-1-4-11(19)5-2-9/h1-7H,8H2,(H,20,21,22,23). The maximum absolute atomic E-state index is 13.2. The Hall–Kier alpha value is -3.26. The Balaban J connectivity index is 1.89. The molecular weight excluding hydrogens is 363 g/mol. The van der Waals surface area contributed by atoms with Crippen molar-refractivity contribution in [2.75, 3.05) is 0 Å². The van der Waals surface area contributed by atoms with Crippen LogP contribution >= 0.6 is 11.6 Å². The van der Waals surface area contributed by atoms with E-state index in [0.717, 1.165) is 0 Å². The average Bonchev–Trinajstić information content (AvgIpc) is 3.15. The lowest BCUT2D eigenvalue weighted by Gasteiger charge is -2.11. The number of benzene rings is 2. The molecule has 0 saturated carbocycles. The van der Waals surface area contributed by atoms with Gasteiger partial charge in [0.15, 0.2) is 12.4 Å². The third-order valence-corrected chi connectivity index (χ3v) is 3.89. The van der Waals surface area contributed by atoms with Crippen LogP contribution in [0.1, 0.15) is 5.82 Å². The zero-order chi connectivity index (χ0) is 18.1. The van der Waals surface area contributed by atoms with Crippen molar-refractivity contribution >= 4 is 22.6 Å². The molecule has 0 spiro atoms. The quantitative estimate of drug-likeness (QED) is 0.590. The van der Waals surface area contributed by atoms with Gasteiger partial charge >= 0.3 is 0 Å². The van der Waals surface area contributed by atoms with Crippen LogP contribution in [0.5, 0.6) is 5.75 Å². The normalized spacial score (nSPS) is 11.0. The minimum Gasteiger partial charge on any atom is -0.478 e. The van der Waals surface area contributed by atoms with Gasteiger partial charge in [0.05, 0.1) is 5.39 Å². The summed E-state index contributed by atoms with van der Waals surface area (Å²) in [4.78, 5) is 12.9. The summed E-state index contributed by atoms with van der Waals surface area (Å²) < 4.78 is 24.7. The van der Waals surface area contributed by atoms with Crippen molar-refractivity contribution in [3.63, 3.8) is 0 Å². The number of aromatic nitrogens is 4. The monoisotopic (exact) mass is 372 g/mol. The van der Waals surface area contributed by atoms with Crippen LogP contribution in [-0.2, 0) is 6.61 Å². The minimum absolute atomic E-state index is 0.0452. The number of aromatic amines is 1. The lowest BCUT2D eigenvalue weighted by atomic mass is 10.1. The summed E-state index contributed by atoms with van der Waals surface area (Å²) in [6.45, 7) is -0.0957. The van der Waals surface area contributed by atoms with Crippen molar-refractivity contribution in [1.82, 2.24) is 20.6 Å². The van der Waals surface area contributed by atoms with Crippen LogP contribution in [-0.4, -0.2) is 20.6 Å². The van der Waals surface area contributed by atoms with Gasteiger partial charge in [0.25, 0.3) is 0 Å². The number of fused-ring (bicyclic) bond motifs is 1. The highest BCUT2D eigenvalue weighted by Crippen LogP contribution is 2.32. The molecule has 26 heavy (non-hydrogen) atoms. The van der Waals surface area contributed by atoms with Crippen LogP contribution in [0, 0.1) is 5.82 Å². The van der Waals surface area contributed by atoms with E-state index >= 15 is 0 Å². The van der Waals surface area contributed by atoms with Gasteiger partial charge in [-0.15, -0.1) is 10.2 Å². The van der Waals surface area contributed by atoms with Crippen LogP contribution < -0.4 is 10.2 Å². The number of hydrogen-bond donors (Lipinski definition) is 1. The molecule has 0 fully saturated rings. The Morgan fingerprint density at radius 1 is 1.19 bits per heavy atom. The average molecular weight is 373 g/mol. The van der Waals surface area contributed by atoms with E-state index in [9.17, 15) is 9.18 Å². The topological polar surface area (TPSA) is 93.9 Å². The first-order valence-electron chi connectivity index (χ1n) is 7.49. The van der Waals surface area contributed by atoms with Crippen LogP contribution in [0.25, 0.3) is 22.3 Å². The van der Waals surface area contributed by atoms with Gasteiger partial charge in [-0.1, -0.05) is 16.8 Å². The van der Waals surface area contributed by atoms with Crippen molar-refractivity contribution in [3.8, 4) is 17.1 Å². The van der Waals surface area contributed by atoms with E-state index in [1.807, 2.05) is 0 Å². The Morgan fingerprint density at radius 2 is 2.00 bits per heavy atom. The lowest BCUT2D eigenvalue weighted by molar-refractivity contribution is 0.288. The lowest BCUT2D eigenvalue weighted by Crippen LogP contribution is -2.11. The van der Waals surface area contributed by atoms with E-state index in [4.69, 9.17) is 20.8 Å². The molecule has 0 aliphatic rings. The van der Waals surface area contributed by atoms with Crippen molar-refractivity contribution in [1.29, 1.82) is 0 Å². The molecule has 0 radical (unpaired) electrons. The molecule has 0 amide bonds. The fraction of sp³-hybridized carbons (Fsp3) is 0.0588. The van der Waals surface area contributed by atoms with Gasteiger partial charge in [-0.25, -0.2) is 4.39 Å². The van der Waals surface area contributed by atoms with E-state index < -0.39 is 11.2 Å². The number of ether oxygens (including phenoxy) is 1. The van der Waals surface area contributed by atoms with E-state index in [2.05, 4.69) is 20.6 Å². The maximum Gasteiger partial charge on any atom is 0.235 e. The SMILES string of the molecule is O=c1c(OCc2nn[nH]n2)c(-c2ccc(F)cc2)oc2ccc(Cl)cc12. The number of tetrazole rings is 1. The molecule has 0 atom stereocenters. The fourth-order valence-corrected chi connectivity index (χ4v) is 2.63. The molecule has 0 aliphatic heterocycles. The second-order valence-electron chi connectivity index (χ2n) is 5.35. The van der Waals surface area contributed by atoms with Gasteiger partial charge in [0.1, 0.15) is 11.4 Å². The van der Waals surface area contributed by atoms with Crippen molar-refractivity contribution in [2.24, 2.45) is 0 Å². The van der Waals surface area contributed by atoms with Crippen LogP contribution in [0.3, 0.4) is 0 Å². The number of rotatable bonds is 4. The van der Waals surface area contributed by atoms with E-state index in [-0.39, 0.29) is 29.3 Å². The van der Waals surface area contributed by atoms with E-state index in [1.54, 1.807) is 12.1 Å². The Labute approximate surface area is 150 Å². The molecule has 0 bridgehead atoms. The molecule has 0 saturated heterocycles. The first kappa shape index (κ1) is 16.2. The van der Waals surface area contributed by atoms with E-state index in [1.165, 1.54) is 30.3 Å². The largest absolute Gasteiger partial charge is 0.478 e. The highest BCUT2D eigenvalue weighted by Gasteiger charge is 2.19. The summed E-state index contributed by atoms with van der Waals surface area (Å²) in [6, 6.07) is 10.2. The Morgan fingerprint density at radius 3 is 2.73 bits per heavy atom. The van der Waals surface area contributed by atoms with Crippen LogP contribution in [0.15, 0.2) is 51.7 Å². The van der Waals surface area contributed by atoms with Gasteiger partial charge in [-0.05, 0) is 42.5 Å². The van der Waals surface area contributed by atoms with Crippen molar-refractivity contribution in [2.45, 2.75) is 6.61 Å².